The molecule has 1 aromatic rings. The van der Waals surface area contributed by atoms with E-state index < -0.39 is 23.0 Å². The van der Waals surface area contributed by atoms with Crippen LogP contribution in [0.1, 0.15) is 11.8 Å². The third kappa shape index (κ3) is 2.52. The van der Waals surface area contributed by atoms with Crippen LogP contribution in [0.25, 0.3) is 0 Å². The van der Waals surface area contributed by atoms with Crippen molar-refractivity contribution in [1.82, 2.24) is 10.2 Å². The van der Waals surface area contributed by atoms with Crippen LogP contribution in [0.4, 0.5) is 0 Å². The van der Waals surface area contributed by atoms with Crippen molar-refractivity contribution in [3.63, 3.8) is 0 Å². The lowest BCUT2D eigenvalue weighted by Crippen LogP contribution is -2.80. The first-order valence-corrected chi connectivity index (χ1v) is 9.10. The average molecular weight is 368 g/mol. The minimum Gasteiger partial charge on any atom is -0.477 e. The number of β-lactam (4-membered cyclic amide) rings is 1. The molecule has 0 unspecified atom stereocenters. The van der Waals surface area contributed by atoms with E-state index in [9.17, 15) is 19.5 Å². The molecule has 3 heterocycles. The minimum absolute atomic E-state index is 0.0241. The van der Waals surface area contributed by atoms with E-state index >= 15 is 0 Å². The molecule has 0 aromatic carbocycles. The molecular weight excluding hydrogens is 352 g/mol. The number of rotatable bonds is 5. The van der Waals surface area contributed by atoms with Crippen molar-refractivity contribution in [2.45, 2.75) is 24.4 Å². The predicted molar refractivity (Wildman–Crippen MR) is 89.3 cm³/mol. The molecule has 2 amide bonds. The van der Waals surface area contributed by atoms with Gasteiger partial charge in [0.05, 0.1) is 6.42 Å². The average Bonchev–Trinajstić information content (AvgIpc) is 3.04. The highest BCUT2D eigenvalue weighted by atomic mass is 32.2. The van der Waals surface area contributed by atoms with Crippen LogP contribution in [0.5, 0.6) is 0 Å². The number of thioether (sulfide) groups is 1. The highest BCUT2D eigenvalue weighted by Gasteiger charge is 2.66. The van der Waals surface area contributed by atoms with Gasteiger partial charge in [0.15, 0.2) is 0 Å². The van der Waals surface area contributed by atoms with E-state index in [1.54, 1.807) is 6.92 Å². The Morgan fingerprint density at radius 1 is 1.54 bits per heavy atom. The number of nitrogens with one attached hydrogen (secondary N) is 1. The molecule has 128 valence electrons. The molecule has 24 heavy (non-hydrogen) atoms. The van der Waals surface area contributed by atoms with Gasteiger partial charge < -0.3 is 15.2 Å². The maximum absolute atomic E-state index is 12.6. The second-order valence-corrected chi connectivity index (χ2v) is 7.62. The molecule has 1 saturated heterocycles. The lowest BCUT2D eigenvalue weighted by atomic mass is 9.98. The molecule has 9 heteroatoms. The summed E-state index contributed by atoms with van der Waals surface area (Å²) >= 11 is 2.83. The first-order chi connectivity index (χ1) is 11.4. The Bertz CT molecular complexity index is 730. The fourth-order valence-electron chi connectivity index (χ4n) is 2.86. The highest BCUT2D eigenvalue weighted by Crippen LogP contribution is 2.46. The molecule has 1 aromatic heterocycles. The maximum atomic E-state index is 12.6. The summed E-state index contributed by atoms with van der Waals surface area (Å²) in [5.74, 6) is -1.59. The van der Waals surface area contributed by atoms with Crippen LogP contribution in [0.15, 0.2) is 28.8 Å². The number of carbonyl (C=O) groups is 3. The van der Waals surface area contributed by atoms with Crippen molar-refractivity contribution in [3.05, 3.63) is 33.7 Å². The zero-order valence-electron chi connectivity index (χ0n) is 13.1. The maximum Gasteiger partial charge on any atom is 0.352 e. The number of amides is 2. The molecule has 0 saturated carbocycles. The fourth-order valence-corrected chi connectivity index (χ4v) is 4.95. The van der Waals surface area contributed by atoms with Gasteiger partial charge in [-0.3, -0.25) is 14.5 Å². The number of carbonyl (C=O) groups excluding carboxylic acids is 2. The van der Waals surface area contributed by atoms with Gasteiger partial charge in [0, 0.05) is 17.7 Å². The Morgan fingerprint density at radius 2 is 2.29 bits per heavy atom. The number of fused-ring (bicyclic) bond motifs is 1. The first kappa shape index (κ1) is 17.0. The Morgan fingerprint density at radius 3 is 2.88 bits per heavy atom. The molecule has 2 aliphatic heterocycles. The van der Waals surface area contributed by atoms with Gasteiger partial charge in [-0.15, -0.1) is 23.1 Å². The van der Waals surface area contributed by atoms with Gasteiger partial charge in [-0.25, -0.2) is 4.79 Å². The van der Waals surface area contributed by atoms with Gasteiger partial charge in [0.25, 0.3) is 11.6 Å². The second kappa shape index (κ2) is 6.23. The number of nitrogens with zero attached hydrogens (tertiary/aromatic N) is 1. The number of hydrogen-bond acceptors (Lipinski definition) is 6. The number of thiophene rings is 1. The van der Waals surface area contributed by atoms with Crippen LogP contribution in [-0.2, 0) is 25.5 Å². The molecule has 7 nitrogen and oxygen atoms in total. The minimum atomic E-state index is -1.51. The Kier molecular flexibility index (Phi) is 4.41. The summed E-state index contributed by atoms with van der Waals surface area (Å²) in [6, 6.07) is 3.68. The second-order valence-electron chi connectivity index (χ2n) is 5.52. The number of methoxy groups -OCH3 is 1. The lowest BCUT2D eigenvalue weighted by Gasteiger charge is -2.55. The van der Waals surface area contributed by atoms with Crippen LogP contribution in [0.2, 0.25) is 0 Å². The molecule has 3 rings (SSSR count). The summed E-state index contributed by atoms with van der Waals surface area (Å²) in [6.45, 7) is 1.68. The van der Waals surface area contributed by atoms with Gasteiger partial charge in [0.2, 0.25) is 5.91 Å². The highest BCUT2D eigenvalue weighted by molar-refractivity contribution is 8.00. The number of aliphatic carboxylic acids is 1. The zero-order valence-corrected chi connectivity index (χ0v) is 14.7. The number of carboxylic acids is 1. The number of ether oxygens (including phenoxy) is 1. The molecule has 0 radical (unpaired) electrons. The van der Waals surface area contributed by atoms with Crippen molar-refractivity contribution in [2.24, 2.45) is 0 Å². The van der Waals surface area contributed by atoms with E-state index in [-0.39, 0.29) is 18.0 Å². The molecule has 0 spiro atoms. The molecule has 0 bridgehead atoms. The Hall–Kier alpha value is -1.84. The largest absolute Gasteiger partial charge is 0.477 e. The predicted octanol–water partition coefficient (Wildman–Crippen LogP) is 1.02. The summed E-state index contributed by atoms with van der Waals surface area (Å²) in [6.07, 6.45) is 0.147. The Labute approximate surface area is 146 Å². The molecular formula is C15H16N2O5S2. The molecule has 2 N–H and O–H groups in total. The van der Waals surface area contributed by atoms with Gasteiger partial charge in [0.1, 0.15) is 11.1 Å². The summed E-state index contributed by atoms with van der Waals surface area (Å²) in [5.41, 5.74) is -0.920. The monoisotopic (exact) mass is 368 g/mol. The Balaban J connectivity index is 1.81. The summed E-state index contributed by atoms with van der Waals surface area (Å²) < 4.78 is 5.35. The van der Waals surface area contributed by atoms with E-state index in [0.29, 0.717) is 11.3 Å². The number of carboxylic acid groups (broad SMARTS) is 1. The third-order valence-electron chi connectivity index (χ3n) is 3.99. The standard InChI is InChI=1S/C15H16N2O5S2/c1-8-7-24-14-15(22-2,13(21)17(14)11(8)12(19)20)16-10(18)6-9-4-3-5-23-9/h3-5,14H,6-7H2,1-2H3,(H,16,18)(H,19,20)/t14-,15-/m0/s1. The lowest BCUT2D eigenvalue weighted by molar-refractivity contribution is -0.192. The van der Waals surface area contributed by atoms with Crippen molar-refractivity contribution in [1.29, 1.82) is 0 Å². The zero-order chi connectivity index (χ0) is 17.5. The summed E-state index contributed by atoms with van der Waals surface area (Å²) in [7, 11) is 1.34. The first-order valence-electron chi connectivity index (χ1n) is 7.17. The topological polar surface area (TPSA) is 95.9 Å². The quantitative estimate of drug-likeness (QED) is 0.595. The van der Waals surface area contributed by atoms with Crippen LogP contribution >= 0.6 is 23.1 Å². The molecule has 2 aliphatic rings. The fraction of sp³-hybridized carbons (Fsp3) is 0.400. The van der Waals surface area contributed by atoms with Crippen LogP contribution < -0.4 is 5.32 Å². The normalized spacial score (nSPS) is 26.0. The summed E-state index contributed by atoms with van der Waals surface area (Å²) in [5, 5.41) is 13.3. The van der Waals surface area contributed by atoms with Crippen molar-refractivity contribution >= 4 is 40.9 Å². The van der Waals surface area contributed by atoms with E-state index in [1.165, 1.54) is 35.1 Å². The van der Waals surface area contributed by atoms with Crippen molar-refractivity contribution in [3.8, 4) is 0 Å². The van der Waals surface area contributed by atoms with Crippen LogP contribution in [0, 0.1) is 0 Å². The van der Waals surface area contributed by atoms with Crippen molar-refractivity contribution < 1.29 is 24.2 Å². The van der Waals surface area contributed by atoms with Gasteiger partial charge in [-0.1, -0.05) is 6.07 Å². The molecule has 1 fully saturated rings. The van der Waals surface area contributed by atoms with Crippen molar-refractivity contribution in [2.75, 3.05) is 12.9 Å². The van der Waals surface area contributed by atoms with Crippen LogP contribution in [-0.4, -0.2) is 51.8 Å². The van der Waals surface area contributed by atoms with E-state index in [4.69, 9.17) is 4.74 Å². The molecule has 2 atom stereocenters. The smallest absolute Gasteiger partial charge is 0.352 e. The van der Waals surface area contributed by atoms with Gasteiger partial charge in [-0.05, 0) is 23.9 Å². The van der Waals surface area contributed by atoms with Gasteiger partial charge in [-0.2, -0.15) is 0 Å². The SMILES string of the molecule is CO[C@@]1(NC(=O)Cc2cccs2)C(=O)N2C(C(=O)O)=C(C)CS[C@H]21. The van der Waals surface area contributed by atoms with Gasteiger partial charge >= 0.3 is 5.97 Å². The summed E-state index contributed by atoms with van der Waals surface area (Å²) in [4.78, 5) is 38.4. The van der Waals surface area contributed by atoms with E-state index in [1.807, 2.05) is 17.5 Å². The van der Waals surface area contributed by atoms with E-state index in [2.05, 4.69) is 5.32 Å². The van der Waals surface area contributed by atoms with E-state index in [0.717, 1.165) is 4.88 Å². The molecule has 0 aliphatic carbocycles. The van der Waals surface area contributed by atoms with Crippen LogP contribution in [0.3, 0.4) is 0 Å². The number of hydrogen-bond donors (Lipinski definition) is 2. The third-order valence-corrected chi connectivity index (χ3v) is 6.32.